The van der Waals surface area contributed by atoms with Gasteiger partial charge in [0.2, 0.25) is 5.91 Å². The van der Waals surface area contributed by atoms with Crippen molar-refractivity contribution in [3.05, 3.63) is 47.8 Å². The summed E-state index contributed by atoms with van der Waals surface area (Å²) >= 11 is 0. The van der Waals surface area contributed by atoms with Gasteiger partial charge in [0.25, 0.3) is 0 Å². The number of amides is 1. The van der Waals surface area contributed by atoms with Crippen LogP contribution in [-0.4, -0.2) is 55.2 Å². The zero-order valence-corrected chi connectivity index (χ0v) is 16.0. The summed E-state index contributed by atoms with van der Waals surface area (Å²) in [7, 11) is 0. The van der Waals surface area contributed by atoms with Gasteiger partial charge >= 0.3 is 0 Å². The molecule has 150 valence electrons. The van der Waals surface area contributed by atoms with Gasteiger partial charge in [0, 0.05) is 37.2 Å². The normalized spacial score (nSPS) is 17.6. The Morgan fingerprint density at radius 1 is 1.10 bits per heavy atom. The molecule has 5 rings (SSSR count). The van der Waals surface area contributed by atoms with Crippen LogP contribution in [0.4, 0.5) is 10.2 Å². The molecule has 8 nitrogen and oxygen atoms in total. The van der Waals surface area contributed by atoms with Gasteiger partial charge in [-0.15, -0.1) is 14.8 Å². The molecule has 0 bridgehead atoms. The Morgan fingerprint density at radius 3 is 2.66 bits per heavy atom. The van der Waals surface area contributed by atoms with Crippen LogP contribution in [0.1, 0.15) is 31.2 Å². The molecular formula is C20H22FN7O. The molecule has 9 heteroatoms. The van der Waals surface area contributed by atoms with Crippen molar-refractivity contribution < 1.29 is 9.18 Å². The average molecular weight is 395 g/mol. The highest BCUT2D eigenvalue weighted by atomic mass is 19.1. The van der Waals surface area contributed by atoms with E-state index in [1.165, 1.54) is 10.7 Å². The van der Waals surface area contributed by atoms with Crippen molar-refractivity contribution in [3.63, 3.8) is 0 Å². The summed E-state index contributed by atoms with van der Waals surface area (Å²) in [5.41, 5.74) is 1.19. The first-order chi connectivity index (χ1) is 14.2. The molecule has 2 fully saturated rings. The number of carbonyl (C=O) groups is 1. The third-order valence-electron chi connectivity index (χ3n) is 5.79. The fourth-order valence-corrected chi connectivity index (χ4v) is 3.98. The van der Waals surface area contributed by atoms with E-state index >= 15 is 0 Å². The molecule has 0 N–H and O–H groups in total. The highest BCUT2D eigenvalue weighted by Gasteiger charge is 2.37. The smallest absolute Gasteiger partial charge is 0.226 e. The molecule has 3 aromatic rings. The van der Waals surface area contributed by atoms with Gasteiger partial charge in [-0.3, -0.25) is 4.79 Å². The van der Waals surface area contributed by atoms with Crippen molar-refractivity contribution in [3.8, 4) is 0 Å². The fraction of sp³-hybridized carbons (Fsp3) is 0.450. The third-order valence-corrected chi connectivity index (χ3v) is 5.79. The van der Waals surface area contributed by atoms with E-state index in [0.29, 0.717) is 17.8 Å². The minimum Gasteiger partial charge on any atom is -0.355 e. The molecule has 0 atom stereocenters. The summed E-state index contributed by atoms with van der Waals surface area (Å²) in [5, 5.41) is 15.8. The van der Waals surface area contributed by atoms with Gasteiger partial charge in [-0.25, -0.2) is 4.39 Å². The van der Waals surface area contributed by atoms with E-state index < -0.39 is 0 Å². The number of piperidine rings is 1. The Labute approximate surface area is 167 Å². The van der Waals surface area contributed by atoms with Gasteiger partial charge in [0.1, 0.15) is 5.82 Å². The molecule has 0 spiro atoms. The fourth-order valence-electron chi connectivity index (χ4n) is 3.98. The minimum absolute atomic E-state index is 0.0320. The van der Waals surface area contributed by atoms with Gasteiger partial charge in [0.15, 0.2) is 11.5 Å². The molecule has 0 unspecified atom stereocenters. The zero-order chi connectivity index (χ0) is 19.8. The molecule has 2 aliphatic rings. The molecule has 29 heavy (non-hydrogen) atoms. The van der Waals surface area contributed by atoms with Crippen LogP contribution in [-0.2, 0) is 11.3 Å². The molecule has 1 aliphatic carbocycles. The molecule has 2 aromatic heterocycles. The predicted molar refractivity (Wildman–Crippen MR) is 103 cm³/mol. The number of fused-ring (bicyclic) bond motifs is 1. The summed E-state index contributed by atoms with van der Waals surface area (Å²) in [5.74, 6) is 0.681. The summed E-state index contributed by atoms with van der Waals surface area (Å²) in [6.45, 7) is 1.85. The number of aromatic nitrogens is 5. The summed E-state index contributed by atoms with van der Waals surface area (Å²) in [4.78, 5) is 17.3. The lowest BCUT2D eigenvalue weighted by Gasteiger charge is -2.35. The molecule has 1 saturated heterocycles. The maximum atomic E-state index is 14.1. The van der Waals surface area contributed by atoms with Crippen LogP contribution >= 0.6 is 0 Å². The molecular weight excluding hydrogens is 373 g/mol. The van der Waals surface area contributed by atoms with Crippen molar-refractivity contribution in [1.82, 2.24) is 30.2 Å². The summed E-state index contributed by atoms with van der Waals surface area (Å²) < 4.78 is 15.5. The van der Waals surface area contributed by atoms with Crippen molar-refractivity contribution in [1.29, 1.82) is 0 Å². The SMILES string of the molecule is O=C(C1CCN(c2ccc3nnnn3n2)CC1)N(Cc1ccccc1F)C1CC1. The number of nitrogens with zero attached hydrogens (tertiary/aromatic N) is 7. The van der Waals surface area contributed by atoms with Crippen LogP contribution in [0.2, 0.25) is 0 Å². The first-order valence-electron chi connectivity index (χ1n) is 10.0. The standard InChI is InChI=1S/C20H22FN7O/c21-17-4-2-1-3-15(17)13-27(16-5-6-16)20(29)14-9-11-26(12-10-14)19-8-7-18-22-24-25-28(18)23-19/h1-4,7-8,14,16H,5-6,9-13H2. The van der Waals surface area contributed by atoms with Crippen LogP contribution in [0.15, 0.2) is 36.4 Å². The number of hydrogen-bond donors (Lipinski definition) is 0. The number of carbonyl (C=O) groups excluding carboxylic acids is 1. The van der Waals surface area contributed by atoms with Crippen molar-refractivity contribution >= 4 is 17.4 Å². The third kappa shape index (κ3) is 3.64. The minimum atomic E-state index is -0.246. The maximum Gasteiger partial charge on any atom is 0.226 e. The molecule has 1 aliphatic heterocycles. The van der Waals surface area contributed by atoms with Crippen LogP contribution < -0.4 is 4.90 Å². The second kappa shape index (κ2) is 7.38. The largest absolute Gasteiger partial charge is 0.355 e. The predicted octanol–water partition coefficient (Wildman–Crippen LogP) is 2.07. The van der Waals surface area contributed by atoms with Crippen molar-refractivity contribution in [2.45, 2.75) is 38.3 Å². The number of anilines is 1. The number of halogens is 1. The van der Waals surface area contributed by atoms with E-state index in [1.807, 2.05) is 23.1 Å². The highest BCUT2D eigenvalue weighted by Crippen LogP contribution is 2.32. The van der Waals surface area contributed by atoms with Gasteiger partial charge in [-0.1, -0.05) is 18.2 Å². The lowest BCUT2D eigenvalue weighted by Crippen LogP contribution is -2.43. The summed E-state index contributed by atoms with van der Waals surface area (Å²) in [6.07, 6.45) is 3.53. The van der Waals surface area contributed by atoms with Crippen LogP contribution in [0.3, 0.4) is 0 Å². The van der Waals surface area contributed by atoms with Crippen molar-refractivity contribution in [2.24, 2.45) is 5.92 Å². The molecule has 1 saturated carbocycles. The Morgan fingerprint density at radius 2 is 1.90 bits per heavy atom. The lowest BCUT2D eigenvalue weighted by molar-refractivity contribution is -0.137. The highest BCUT2D eigenvalue weighted by molar-refractivity contribution is 5.80. The van der Waals surface area contributed by atoms with E-state index in [2.05, 4.69) is 25.5 Å². The van der Waals surface area contributed by atoms with Gasteiger partial charge in [-0.05, 0) is 54.3 Å². The quantitative estimate of drug-likeness (QED) is 0.658. The van der Waals surface area contributed by atoms with E-state index in [-0.39, 0.29) is 23.7 Å². The molecule has 0 radical (unpaired) electrons. The number of tetrazole rings is 1. The number of benzene rings is 1. The molecule has 1 amide bonds. The summed E-state index contributed by atoms with van der Waals surface area (Å²) in [6, 6.07) is 10.7. The second-order valence-electron chi connectivity index (χ2n) is 7.77. The Balaban J connectivity index is 1.25. The number of rotatable bonds is 5. The molecule has 1 aromatic carbocycles. The van der Waals surface area contributed by atoms with E-state index in [9.17, 15) is 9.18 Å². The van der Waals surface area contributed by atoms with E-state index in [4.69, 9.17) is 0 Å². The monoisotopic (exact) mass is 395 g/mol. The van der Waals surface area contributed by atoms with Crippen LogP contribution in [0.5, 0.6) is 0 Å². The van der Waals surface area contributed by atoms with Crippen molar-refractivity contribution in [2.75, 3.05) is 18.0 Å². The zero-order valence-electron chi connectivity index (χ0n) is 16.0. The van der Waals surface area contributed by atoms with Gasteiger partial charge in [0.05, 0.1) is 0 Å². The first-order valence-corrected chi connectivity index (χ1v) is 10.0. The Kier molecular flexibility index (Phi) is 4.57. The van der Waals surface area contributed by atoms with E-state index in [1.54, 1.807) is 12.1 Å². The average Bonchev–Trinajstić information content (AvgIpc) is 3.49. The van der Waals surface area contributed by atoms with Gasteiger partial charge in [-0.2, -0.15) is 0 Å². The van der Waals surface area contributed by atoms with E-state index in [0.717, 1.165) is 44.6 Å². The first kappa shape index (κ1) is 18.0. The molecule has 3 heterocycles. The second-order valence-corrected chi connectivity index (χ2v) is 7.77. The Hall–Kier alpha value is -3.10. The maximum absolute atomic E-state index is 14.1. The number of hydrogen-bond acceptors (Lipinski definition) is 6. The topological polar surface area (TPSA) is 79.5 Å². The van der Waals surface area contributed by atoms with Gasteiger partial charge < -0.3 is 9.80 Å². The van der Waals surface area contributed by atoms with Crippen LogP contribution in [0, 0.1) is 11.7 Å². The lowest BCUT2D eigenvalue weighted by atomic mass is 9.95. The van der Waals surface area contributed by atoms with Crippen LogP contribution in [0.25, 0.3) is 5.65 Å². The Bertz CT molecular complexity index is 1030.